The van der Waals surface area contributed by atoms with Crippen LogP contribution in [0.15, 0.2) is 18.5 Å². The molecule has 1 aromatic rings. The maximum Gasteiger partial charge on any atom is 0.141 e. The average Bonchev–Trinajstić information content (AvgIpc) is 2.80. The van der Waals surface area contributed by atoms with E-state index in [1.165, 1.54) is 25.5 Å². The summed E-state index contributed by atoms with van der Waals surface area (Å²) in [5.41, 5.74) is 1.69. The number of halogens is 1. The molecule has 2 aliphatic carbocycles. The summed E-state index contributed by atoms with van der Waals surface area (Å²) in [4.78, 5) is 3.92. The van der Waals surface area contributed by atoms with Crippen LogP contribution in [-0.2, 0) is 6.54 Å². The Bertz CT molecular complexity index is 481. The molecule has 19 heavy (non-hydrogen) atoms. The van der Waals surface area contributed by atoms with Crippen molar-refractivity contribution >= 4 is 0 Å². The fourth-order valence-corrected chi connectivity index (χ4v) is 4.58. The van der Waals surface area contributed by atoms with Gasteiger partial charge in [0.15, 0.2) is 0 Å². The van der Waals surface area contributed by atoms with E-state index in [9.17, 15) is 4.39 Å². The molecule has 0 radical (unpaired) electrons. The van der Waals surface area contributed by atoms with Gasteiger partial charge in [-0.2, -0.15) is 0 Å². The van der Waals surface area contributed by atoms with Gasteiger partial charge in [-0.1, -0.05) is 20.8 Å². The predicted octanol–water partition coefficient (Wildman–Crippen LogP) is 3.53. The Labute approximate surface area is 114 Å². The lowest BCUT2D eigenvalue weighted by Gasteiger charge is -2.43. The first-order valence-corrected chi connectivity index (χ1v) is 7.25. The first-order valence-electron chi connectivity index (χ1n) is 7.25. The van der Waals surface area contributed by atoms with Gasteiger partial charge in [-0.05, 0) is 47.6 Å². The molecule has 0 amide bonds. The third-order valence-electron chi connectivity index (χ3n) is 5.54. The maximum atomic E-state index is 13.2. The number of aromatic nitrogens is 1. The maximum absolute atomic E-state index is 13.2. The summed E-state index contributed by atoms with van der Waals surface area (Å²) in [6, 6.07) is 2.09. The Morgan fingerprint density at radius 1 is 1.37 bits per heavy atom. The van der Waals surface area contributed by atoms with Crippen molar-refractivity contribution in [1.82, 2.24) is 10.3 Å². The molecule has 0 aliphatic heterocycles. The van der Waals surface area contributed by atoms with E-state index in [0.29, 0.717) is 23.4 Å². The summed E-state index contributed by atoms with van der Waals surface area (Å²) in [6.07, 6.45) is 7.02. The van der Waals surface area contributed by atoms with E-state index in [-0.39, 0.29) is 5.82 Å². The molecule has 3 atom stereocenters. The zero-order chi connectivity index (χ0) is 13.7. The van der Waals surface area contributed by atoms with E-state index in [2.05, 4.69) is 31.1 Å². The molecule has 1 aromatic heterocycles. The molecule has 1 N–H and O–H groups in total. The second kappa shape index (κ2) is 4.27. The summed E-state index contributed by atoms with van der Waals surface area (Å²) < 4.78 is 13.2. The van der Waals surface area contributed by atoms with Crippen LogP contribution in [0.2, 0.25) is 0 Å². The van der Waals surface area contributed by atoms with E-state index < -0.39 is 0 Å². The van der Waals surface area contributed by atoms with Crippen LogP contribution < -0.4 is 5.32 Å². The monoisotopic (exact) mass is 262 g/mol. The van der Waals surface area contributed by atoms with Crippen molar-refractivity contribution in [2.45, 2.75) is 52.6 Å². The third-order valence-corrected chi connectivity index (χ3v) is 5.54. The Morgan fingerprint density at radius 3 is 2.79 bits per heavy atom. The van der Waals surface area contributed by atoms with Crippen molar-refractivity contribution in [2.75, 3.05) is 0 Å². The van der Waals surface area contributed by atoms with Gasteiger partial charge in [0.05, 0.1) is 6.20 Å². The normalized spacial score (nSPS) is 35.8. The highest BCUT2D eigenvalue weighted by molar-refractivity contribution is 5.14. The molecule has 0 saturated heterocycles. The minimum Gasteiger partial charge on any atom is -0.309 e. The van der Waals surface area contributed by atoms with Crippen LogP contribution in [0.4, 0.5) is 4.39 Å². The molecular weight excluding hydrogens is 239 g/mol. The van der Waals surface area contributed by atoms with Gasteiger partial charge in [-0.3, -0.25) is 4.98 Å². The highest BCUT2D eigenvalue weighted by atomic mass is 19.1. The van der Waals surface area contributed by atoms with Crippen LogP contribution in [0.1, 0.15) is 45.6 Å². The first-order chi connectivity index (χ1) is 8.92. The summed E-state index contributed by atoms with van der Waals surface area (Å²) >= 11 is 0. The van der Waals surface area contributed by atoms with Gasteiger partial charge < -0.3 is 5.32 Å². The SMILES string of the molecule is CC12CCC(C1)C(C)(C)C2NCc1cncc(F)c1. The third kappa shape index (κ3) is 2.08. The zero-order valence-electron chi connectivity index (χ0n) is 12.0. The Morgan fingerprint density at radius 2 is 2.16 bits per heavy atom. The van der Waals surface area contributed by atoms with Gasteiger partial charge in [0.25, 0.3) is 0 Å². The minimum atomic E-state index is -0.252. The number of hydrogen-bond acceptors (Lipinski definition) is 2. The van der Waals surface area contributed by atoms with Crippen molar-refractivity contribution in [3.05, 3.63) is 29.8 Å². The summed E-state index contributed by atoms with van der Waals surface area (Å²) in [5.74, 6) is 0.582. The lowest BCUT2D eigenvalue weighted by molar-refractivity contribution is 0.108. The van der Waals surface area contributed by atoms with Crippen molar-refractivity contribution in [2.24, 2.45) is 16.7 Å². The molecule has 3 rings (SSSR count). The van der Waals surface area contributed by atoms with E-state index in [0.717, 1.165) is 11.5 Å². The molecule has 2 nitrogen and oxygen atoms in total. The summed E-state index contributed by atoms with van der Waals surface area (Å²) in [6.45, 7) is 7.87. The topological polar surface area (TPSA) is 24.9 Å². The standard InChI is InChI=1S/C16H23FN2/c1-15(2)12-4-5-16(3,7-12)14(15)19-9-11-6-13(17)10-18-8-11/h6,8,10,12,14,19H,4-5,7,9H2,1-3H3. The van der Waals surface area contributed by atoms with Gasteiger partial charge in [0, 0.05) is 18.8 Å². The minimum absolute atomic E-state index is 0.252. The number of fused-ring (bicyclic) bond motifs is 2. The molecule has 0 aromatic carbocycles. The molecule has 2 saturated carbocycles. The van der Waals surface area contributed by atoms with Crippen LogP contribution >= 0.6 is 0 Å². The summed E-state index contributed by atoms with van der Waals surface area (Å²) in [7, 11) is 0. The lowest BCUT2D eigenvalue weighted by atomic mass is 9.68. The zero-order valence-corrected chi connectivity index (χ0v) is 12.0. The smallest absolute Gasteiger partial charge is 0.141 e. The van der Waals surface area contributed by atoms with Crippen LogP contribution in [0.5, 0.6) is 0 Å². The van der Waals surface area contributed by atoms with Gasteiger partial charge in [0.1, 0.15) is 5.82 Å². The molecule has 2 fully saturated rings. The van der Waals surface area contributed by atoms with E-state index in [1.54, 1.807) is 12.3 Å². The highest BCUT2D eigenvalue weighted by Gasteiger charge is 2.58. The van der Waals surface area contributed by atoms with Gasteiger partial charge in [-0.25, -0.2) is 4.39 Å². The molecule has 2 aliphatic rings. The fourth-order valence-electron chi connectivity index (χ4n) is 4.58. The van der Waals surface area contributed by atoms with Crippen molar-refractivity contribution in [3.63, 3.8) is 0 Å². The van der Waals surface area contributed by atoms with Crippen molar-refractivity contribution in [1.29, 1.82) is 0 Å². The van der Waals surface area contributed by atoms with Crippen LogP contribution in [0.25, 0.3) is 0 Å². The van der Waals surface area contributed by atoms with Crippen LogP contribution in [0, 0.1) is 22.6 Å². The van der Waals surface area contributed by atoms with Gasteiger partial charge >= 0.3 is 0 Å². The summed E-state index contributed by atoms with van der Waals surface area (Å²) in [5, 5.41) is 3.68. The van der Waals surface area contributed by atoms with Gasteiger partial charge in [-0.15, -0.1) is 0 Å². The molecular formula is C16H23FN2. The number of rotatable bonds is 3. The Hall–Kier alpha value is -0.960. The average molecular weight is 262 g/mol. The Balaban J connectivity index is 1.73. The number of nitrogens with one attached hydrogen (secondary N) is 1. The largest absolute Gasteiger partial charge is 0.309 e. The van der Waals surface area contributed by atoms with Crippen LogP contribution in [-0.4, -0.2) is 11.0 Å². The second-order valence-electron chi connectivity index (χ2n) is 7.24. The van der Waals surface area contributed by atoms with E-state index in [1.807, 2.05) is 0 Å². The van der Waals surface area contributed by atoms with Crippen molar-refractivity contribution in [3.8, 4) is 0 Å². The van der Waals surface area contributed by atoms with E-state index in [4.69, 9.17) is 0 Å². The molecule has 3 unspecified atom stereocenters. The van der Waals surface area contributed by atoms with Crippen LogP contribution in [0.3, 0.4) is 0 Å². The lowest BCUT2D eigenvalue weighted by Crippen LogP contribution is -2.49. The molecule has 2 bridgehead atoms. The predicted molar refractivity (Wildman–Crippen MR) is 74.1 cm³/mol. The number of pyridine rings is 1. The van der Waals surface area contributed by atoms with Crippen molar-refractivity contribution < 1.29 is 4.39 Å². The quantitative estimate of drug-likeness (QED) is 0.901. The highest BCUT2D eigenvalue weighted by Crippen LogP contribution is 2.62. The molecule has 1 heterocycles. The molecule has 3 heteroatoms. The first kappa shape index (κ1) is 13.0. The van der Waals surface area contributed by atoms with Gasteiger partial charge in [0.2, 0.25) is 0 Å². The molecule has 0 spiro atoms. The molecule has 104 valence electrons. The number of nitrogens with zero attached hydrogens (tertiary/aromatic N) is 1. The fraction of sp³-hybridized carbons (Fsp3) is 0.688. The number of hydrogen-bond donors (Lipinski definition) is 1. The second-order valence-corrected chi connectivity index (χ2v) is 7.24. The Kier molecular flexibility index (Phi) is 2.93. The van der Waals surface area contributed by atoms with E-state index >= 15 is 0 Å².